The summed E-state index contributed by atoms with van der Waals surface area (Å²) >= 11 is 25.6. The van der Waals surface area contributed by atoms with Crippen molar-refractivity contribution in [2.24, 2.45) is 0 Å². The molecule has 0 bridgehead atoms. The Morgan fingerprint density at radius 1 is 0.600 bits per heavy atom. The third kappa shape index (κ3) is 7.00. The smallest absolute Gasteiger partial charge is 0.0749 e. The minimum atomic E-state index is -0.224. The number of hydrogen-bond acceptors (Lipinski definition) is 1. The van der Waals surface area contributed by atoms with E-state index >= 15 is 0 Å². The van der Waals surface area contributed by atoms with Crippen LogP contribution >= 0.6 is 46.4 Å². The van der Waals surface area contributed by atoms with Gasteiger partial charge in [-0.25, -0.2) is 0 Å². The Labute approximate surface area is 170 Å². The minimum Gasteiger partial charge on any atom is -0.381 e. The van der Waals surface area contributed by atoms with E-state index in [9.17, 15) is 0 Å². The normalized spacial score (nSPS) is 16.2. The molecular weight excluding hydrogens is 398 g/mol. The summed E-state index contributed by atoms with van der Waals surface area (Å²) in [5.74, 6) is 0. The van der Waals surface area contributed by atoms with Crippen LogP contribution in [0.3, 0.4) is 0 Å². The zero-order valence-corrected chi connectivity index (χ0v) is 16.9. The Bertz CT molecular complexity index is 540. The molecule has 136 valence electrons. The van der Waals surface area contributed by atoms with Crippen molar-refractivity contribution in [1.82, 2.24) is 0 Å². The molecule has 0 fully saturated rings. The minimum absolute atomic E-state index is 0.180. The number of hydrogen-bond donors (Lipinski definition) is 0. The molecule has 0 aromatic heterocycles. The lowest BCUT2D eigenvalue weighted by Gasteiger charge is -2.18. The van der Waals surface area contributed by atoms with E-state index < -0.39 is 0 Å². The van der Waals surface area contributed by atoms with Gasteiger partial charge in [-0.1, -0.05) is 60.7 Å². The molecule has 0 radical (unpaired) electrons. The zero-order chi connectivity index (χ0) is 18.1. The SMILES string of the molecule is ClC(CCOCCC(Cl)C(Cl)c1ccccc1)C(Cl)c1ccccc1. The van der Waals surface area contributed by atoms with Gasteiger partial charge in [-0.15, -0.1) is 46.4 Å². The van der Waals surface area contributed by atoms with Crippen molar-refractivity contribution in [2.45, 2.75) is 34.3 Å². The lowest BCUT2D eigenvalue weighted by molar-refractivity contribution is 0.127. The lowest BCUT2D eigenvalue weighted by atomic mass is 10.1. The zero-order valence-electron chi connectivity index (χ0n) is 13.8. The van der Waals surface area contributed by atoms with Gasteiger partial charge in [-0.2, -0.15) is 0 Å². The number of halogens is 4. The first kappa shape index (κ1) is 20.9. The molecule has 0 spiro atoms. The third-order valence-corrected chi connectivity index (χ3v) is 6.26. The molecule has 0 heterocycles. The molecule has 0 aliphatic rings. The molecule has 0 saturated carbocycles. The number of rotatable bonds is 10. The van der Waals surface area contributed by atoms with Crippen molar-refractivity contribution in [3.8, 4) is 0 Å². The summed E-state index contributed by atoms with van der Waals surface area (Å²) < 4.78 is 5.66. The molecule has 0 N–H and O–H groups in total. The predicted molar refractivity (Wildman–Crippen MR) is 109 cm³/mol. The molecule has 0 aliphatic carbocycles. The predicted octanol–water partition coefficient (Wildman–Crippen LogP) is 6.96. The fourth-order valence-electron chi connectivity index (χ4n) is 2.48. The van der Waals surface area contributed by atoms with Crippen molar-refractivity contribution in [1.29, 1.82) is 0 Å². The van der Waals surface area contributed by atoms with E-state index in [0.717, 1.165) is 11.1 Å². The highest BCUT2D eigenvalue weighted by atomic mass is 35.5. The van der Waals surface area contributed by atoms with E-state index in [-0.39, 0.29) is 21.5 Å². The van der Waals surface area contributed by atoms with Gasteiger partial charge in [0.15, 0.2) is 0 Å². The molecule has 4 atom stereocenters. The monoisotopic (exact) mass is 418 g/mol. The first-order valence-electron chi connectivity index (χ1n) is 8.33. The summed E-state index contributed by atoms with van der Waals surface area (Å²) in [4.78, 5) is 0. The molecule has 1 nitrogen and oxygen atoms in total. The van der Waals surface area contributed by atoms with Crippen molar-refractivity contribution >= 4 is 46.4 Å². The van der Waals surface area contributed by atoms with Gasteiger partial charge < -0.3 is 4.74 Å². The Morgan fingerprint density at radius 3 is 1.32 bits per heavy atom. The third-order valence-electron chi connectivity index (χ3n) is 3.95. The fraction of sp³-hybridized carbons (Fsp3) is 0.400. The van der Waals surface area contributed by atoms with E-state index in [0.29, 0.717) is 26.1 Å². The molecule has 2 rings (SSSR count). The highest BCUT2D eigenvalue weighted by Gasteiger charge is 2.20. The molecule has 2 aromatic rings. The fourth-order valence-corrected chi connectivity index (χ4v) is 3.49. The molecule has 4 unspecified atom stereocenters. The van der Waals surface area contributed by atoms with E-state index in [1.165, 1.54) is 0 Å². The van der Waals surface area contributed by atoms with Crippen LogP contribution < -0.4 is 0 Å². The van der Waals surface area contributed by atoms with Crippen molar-refractivity contribution in [2.75, 3.05) is 13.2 Å². The maximum atomic E-state index is 6.40. The topological polar surface area (TPSA) is 9.23 Å². The molecule has 2 aromatic carbocycles. The van der Waals surface area contributed by atoms with Crippen LogP contribution in [-0.2, 0) is 4.74 Å². The van der Waals surface area contributed by atoms with E-state index in [2.05, 4.69) is 0 Å². The first-order valence-corrected chi connectivity index (χ1v) is 10.1. The summed E-state index contributed by atoms with van der Waals surface area (Å²) in [5, 5.41) is -0.808. The second-order valence-electron chi connectivity index (χ2n) is 5.85. The second-order valence-corrected chi connectivity index (χ2v) is 7.91. The molecule has 0 saturated heterocycles. The summed E-state index contributed by atoms with van der Waals surface area (Å²) in [6.07, 6.45) is 1.36. The molecule has 5 heteroatoms. The molecular formula is C20H22Cl4O. The van der Waals surface area contributed by atoms with Crippen LogP contribution in [0.25, 0.3) is 0 Å². The number of benzene rings is 2. The lowest BCUT2D eigenvalue weighted by Crippen LogP contribution is -2.14. The van der Waals surface area contributed by atoms with Crippen LogP contribution in [0, 0.1) is 0 Å². The Hall–Kier alpha value is -0.440. The van der Waals surface area contributed by atoms with Gasteiger partial charge in [-0.3, -0.25) is 0 Å². The Morgan fingerprint density at radius 2 is 0.960 bits per heavy atom. The van der Waals surface area contributed by atoms with Crippen LogP contribution in [-0.4, -0.2) is 24.0 Å². The average Bonchev–Trinajstić information content (AvgIpc) is 2.67. The van der Waals surface area contributed by atoms with Gasteiger partial charge in [0.25, 0.3) is 0 Å². The summed E-state index contributed by atoms with van der Waals surface area (Å²) in [5.41, 5.74) is 2.05. The van der Waals surface area contributed by atoms with E-state index in [4.69, 9.17) is 51.1 Å². The van der Waals surface area contributed by atoms with E-state index in [1.54, 1.807) is 0 Å². The van der Waals surface area contributed by atoms with Crippen LogP contribution in [0.2, 0.25) is 0 Å². The standard InChI is InChI=1S/C20H22Cl4O/c21-17(19(23)15-7-3-1-4-8-15)11-13-25-14-12-18(22)20(24)16-9-5-2-6-10-16/h1-10,17-20H,11-14H2. The van der Waals surface area contributed by atoms with Gasteiger partial charge >= 0.3 is 0 Å². The highest BCUT2D eigenvalue weighted by Crippen LogP contribution is 2.31. The van der Waals surface area contributed by atoms with Crippen LogP contribution in [0.4, 0.5) is 0 Å². The van der Waals surface area contributed by atoms with Crippen molar-refractivity contribution < 1.29 is 4.74 Å². The first-order chi connectivity index (χ1) is 12.1. The molecule has 0 aliphatic heterocycles. The van der Waals surface area contributed by atoms with Crippen LogP contribution in [0.5, 0.6) is 0 Å². The number of alkyl halides is 4. The quantitative estimate of drug-likeness (QED) is 0.298. The largest absolute Gasteiger partial charge is 0.381 e. The van der Waals surface area contributed by atoms with Crippen LogP contribution in [0.15, 0.2) is 60.7 Å². The average molecular weight is 420 g/mol. The van der Waals surface area contributed by atoms with E-state index in [1.807, 2.05) is 60.7 Å². The van der Waals surface area contributed by atoms with Gasteiger partial charge in [0.05, 0.1) is 21.5 Å². The summed E-state index contributed by atoms with van der Waals surface area (Å²) in [6.45, 7) is 1.10. The van der Waals surface area contributed by atoms with Gasteiger partial charge in [0.1, 0.15) is 0 Å². The Kier molecular flexibility index (Phi) is 9.44. The number of ether oxygens (including phenoxy) is 1. The van der Waals surface area contributed by atoms with Crippen LogP contribution in [0.1, 0.15) is 34.7 Å². The molecule has 25 heavy (non-hydrogen) atoms. The maximum Gasteiger partial charge on any atom is 0.0749 e. The van der Waals surface area contributed by atoms with Gasteiger partial charge in [0, 0.05) is 13.2 Å². The van der Waals surface area contributed by atoms with Gasteiger partial charge in [-0.05, 0) is 24.0 Å². The van der Waals surface area contributed by atoms with Gasteiger partial charge in [0.2, 0.25) is 0 Å². The van der Waals surface area contributed by atoms with Crippen molar-refractivity contribution in [3.63, 3.8) is 0 Å². The second kappa shape index (κ2) is 11.3. The Balaban J connectivity index is 1.64. The maximum absolute atomic E-state index is 6.40. The molecule has 0 amide bonds. The highest BCUT2D eigenvalue weighted by molar-refractivity contribution is 6.30. The summed E-state index contributed by atoms with van der Waals surface area (Å²) in [6, 6.07) is 19.7. The van der Waals surface area contributed by atoms with Crippen molar-refractivity contribution in [3.05, 3.63) is 71.8 Å². The summed E-state index contributed by atoms with van der Waals surface area (Å²) in [7, 11) is 0.